The van der Waals surface area contributed by atoms with Crippen molar-refractivity contribution in [3.63, 3.8) is 0 Å². The minimum atomic E-state index is -0.442. The Kier molecular flexibility index (Phi) is 4.64. The molecule has 2 nitrogen and oxygen atoms in total. The molecule has 1 heterocycles. The molecule has 6 aliphatic rings. The Hall–Kier alpha value is 1.84. The van der Waals surface area contributed by atoms with E-state index in [0.717, 1.165) is 36.9 Å². The first-order chi connectivity index (χ1) is 10.0. The highest BCUT2D eigenvalue weighted by molar-refractivity contribution is 9.12. The van der Waals surface area contributed by atoms with Crippen LogP contribution in [0.15, 0.2) is 0 Å². The molecule has 0 aromatic carbocycles. The van der Waals surface area contributed by atoms with Gasteiger partial charge in [-0.25, -0.2) is 0 Å². The standard InChI is InChI=1S/C15H20Br4O2/c16-11-3-7-9-5-13(18)15(20-1-2-21-15)14(19)6-10(7)8(9)4-12(11)17/h7-14H,1-6H2/t7?,8?,9?,10?,11-,12-,13-,14+/m1/s1. The summed E-state index contributed by atoms with van der Waals surface area (Å²) in [6.45, 7) is 1.44. The van der Waals surface area contributed by atoms with Crippen LogP contribution >= 0.6 is 63.7 Å². The molecule has 0 aromatic heterocycles. The highest BCUT2D eigenvalue weighted by Gasteiger charge is 2.61. The fraction of sp³-hybridized carbons (Fsp3) is 1.00. The molecule has 1 spiro atoms. The molecule has 0 aromatic rings. The van der Waals surface area contributed by atoms with Gasteiger partial charge in [0.2, 0.25) is 0 Å². The van der Waals surface area contributed by atoms with Gasteiger partial charge in [-0.05, 0) is 49.4 Å². The van der Waals surface area contributed by atoms with Crippen LogP contribution in [0.3, 0.4) is 0 Å². The van der Waals surface area contributed by atoms with Crippen molar-refractivity contribution in [2.75, 3.05) is 13.2 Å². The minimum Gasteiger partial charge on any atom is -0.345 e. The van der Waals surface area contributed by atoms with Crippen LogP contribution in [0.4, 0.5) is 0 Å². The van der Waals surface area contributed by atoms with Crippen molar-refractivity contribution >= 4 is 63.7 Å². The highest BCUT2D eigenvalue weighted by atomic mass is 79.9. The molecule has 1 aliphatic heterocycles. The Morgan fingerprint density at radius 3 is 1.43 bits per heavy atom. The first-order valence-electron chi connectivity index (χ1n) is 7.87. The Morgan fingerprint density at radius 1 is 0.619 bits per heavy atom. The summed E-state index contributed by atoms with van der Waals surface area (Å²) in [5.41, 5.74) is 0. The second kappa shape index (κ2) is 5.98. The second-order valence-corrected chi connectivity index (χ2v) is 11.5. The lowest BCUT2D eigenvalue weighted by Crippen LogP contribution is -2.58. The maximum atomic E-state index is 6.07. The van der Waals surface area contributed by atoms with Gasteiger partial charge in [0.25, 0.3) is 0 Å². The number of halogens is 4. The van der Waals surface area contributed by atoms with E-state index in [4.69, 9.17) is 9.47 Å². The van der Waals surface area contributed by atoms with E-state index in [1.54, 1.807) is 0 Å². The quantitative estimate of drug-likeness (QED) is 0.401. The van der Waals surface area contributed by atoms with E-state index < -0.39 is 5.79 Å². The zero-order valence-electron chi connectivity index (χ0n) is 11.7. The maximum Gasteiger partial charge on any atom is 0.193 e. The second-order valence-electron chi connectivity index (χ2n) is 6.98. The van der Waals surface area contributed by atoms with E-state index in [9.17, 15) is 0 Å². The van der Waals surface area contributed by atoms with Gasteiger partial charge in [0.15, 0.2) is 5.79 Å². The third kappa shape index (κ3) is 2.48. The SMILES string of the molecule is Br[C@@H]1CC2C3C[C@@H](Br)C4(OCCO4)[C@@H](Br)CC2C3C[C@H]1Br. The van der Waals surface area contributed by atoms with E-state index in [-0.39, 0.29) is 9.65 Å². The summed E-state index contributed by atoms with van der Waals surface area (Å²) in [7, 11) is 0. The molecule has 6 heteroatoms. The van der Waals surface area contributed by atoms with E-state index in [1.165, 1.54) is 25.7 Å². The molecule has 6 rings (SSSR count). The Morgan fingerprint density at radius 2 is 1.00 bits per heavy atom. The van der Waals surface area contributed by atoms with Crippen LogP contribution in [0.1, 0.15) is 25.7 Å². The normalized spacial score (nSPS) is 55.4. The number of fused-ring (bicyclic) bond motifs is 5. The number of ether oxygens (including phenoxy) is 2. The number of alkyl halides is 4. The zero-order valence-corrected chi connectivity index (χ0v) is 18.0. The van der Waals surface area contributed by atoms with Crippen LogP contribution in [0.5, 0.6) is 0 Å². The van der Waals surface area contributed by atoms with Crippen molar-refractivity contribution in [1.82, 2.24) is 0 Å². The fourth-order valence-electron chi connectivity index (χ4n) is 5.15. The van der Waals surface area contributed by atoms with Crippen LogP contribution in [-0.2, 0) is 9.47 Å². The topological polar surface area (TPSA) is 18.5 Å². The largest absolute Gasteiger partial charge is 0.345 e. The molecule has 21 heavy (non-hydrogen) atoms. The number of hydrogen-bond donors (Lipinski definition) is 0. The van der Waals surface area contributed by atoms with Crippen molar-refractivity contribution in [1.29, 1.82) is 0 Å². The van der Waals surface area contributed by atoms with Gasteiger partial charge in [0.05, 0.1) is 22.9 Å². The molecule has 2 unspecified atom stereocenters. The van der Waals surface area contributed by atoms with Crippen molar-refractivity contribution < 1.29 is 9.47 Å². The maximum absolute atomic E-state index is 6.07. The van der Waals surface area contributed by atoms with E-state index in [0.29, 0.717) is 9.65 Å². The fourth-order valence-corrected chi connectivity index (χ4v) is 8.83. The van der Waals surface area contributed by atoms with Crippen LogP contribution in [-0.4, -0.2) is 38.3 Å². The average Bonchev–Trinajstić information content (AvgIpc) is 2.89. The summed E-state index contributed by atoms with van der Waals surface area (Å²) in [5, 5.41) is 0. The first kappa shape index (κ1) is 16.3. The lowest BCUT2D eigenvalue weighted by Gasteiger charge is -2.57. The first-order valence-corrected chi connectivity index (χ1v) is 11.5. The molecule has 1 saturated heterocycles. The van der Waals surface area contributed by atoms with Gasteiger partial charge in [-0.1, -0.05) is 63.7 Å². The molecule has 6 atom stereocenters. The lowest BCUT2D eigenvalue weighted by atomic mass is 9.52. The predicted octanol–water partition coefficient (Wildman–Crippen LogP) is 4.85. The van der Waals surface area contributed by atoms with Crippen molar-refractivity contribution in [2.24, 2.45) is 23.7 Å². The minimum absolute atomic E-state index is 0.286. The van der Waals surface area contributed by atoms with E-state index >= 15 is 0 Å². The Balaban J connectivity index is 1.61. The van der Waals surface area contributed by atoms with Crippen molar-refractivity contribution in [3.05, 3.63) is 0 Å². The van der Waals surface area contributed by atoms with Gasteiger partial charge in [0, 0.05) is 9.65 Å². The molecule has 0 amide bonds. The van der Waals surface area contributed by atoms with Crippen LogP contribution in [0.25, 0.3) is 0 Å². The molecule has 4 bridgehead atoms. The summed E-state index contributed by atoms with van der Waals surface area (Å²) < 4.78 is 12.1. The van der Waals surface area contributed by atoms with Gasteiger partial charge < -0.3 is 9.47 Å². The smallest absolute Gasteiger partial charge is 0.193 e. The number of hydrogen-bond acceptors (Lipinski definition) is 2. The summed E-state index contributed by atoms with van der Waals surface area (Å²) in [6, 6.07) is 0. The Bertz CT molecular complexity index is 374. The van der Waals surface area contributed by atoms with Crippen molar-refractivity contribution in [3.8, 4) is 0 Å². The predicted molar refractivity (Wildman–Crippen MR) is 97.9 cm³/mol. The third-order valence-corrected chi connectivity index (χ3v) is 10.9. The van der Waals surface area contributed by atoms with Gasteiger partial charge in [0.1, 0.15) is 0 Å². The zero-order chi connectivity index (χ0) is 14.8. The van der Waals surface area contributed by atoms with Gasteiger partial charge in [-0.15, -0.1) is 0 Å². The highest BCUT2D eigenvalue weighted by Crippen LogP contribution is 2.62. The Labute approximate surface area is 160 Å². The molecule has 120 valence electrons. The molecular formula is C15H20Br4O2. The van der Waals surface area contributed by atoms with Gasteiger partial charge in [-0.3, -0.25) is 0 Å². The molecule has 5 saturated carbocycles. The van der Waals surface area contributed by atoms with Crippen LogP contribution < -0.4 is 0 Å². The van der Waals surface area contributed by atoms with Gasteiger partial charge in [-0.2, -0.15) is 0 Å². The summed E-state index contributed by atoms with van der Waals surface area (Å²) >= 11 is 15.6. The third-order valence-electron chi connectivity index (χ3n) is 6.16. The molecule has 0 radical (unpaired) electrons. The van der Waals surface area contributed by atoms with Gasteiger partial charge >= 0.3 is 0 Å². The van der Waals surface area contributed by atoms with Crippen LogP contribution in [0, 0.1) is 23.7 Å². The van der Waals surface area contributed by atoms with Crippen LogP contribution in [0.2, 0.25) is 0 Å². The molecule has 0 N–H and O–H groups in total. The van der Waals surface area contributed by atoms with E-state index in [1.807, 2.05) is 0 Å². The number of rotatable bonds is 0. The molecule has 5 aliphatic carbocycles. The summed E-state index contributed by atoms with van der Waals surface area (Å²) in [4.78, 5) is 1.81. The summed E-state index contributed by atoms with van der Waals surface area (Å²) in [6.07, 6.45) is 4.95. The van der Waals surface area contributed by atoms with Crippen molar-refractivity contribution in [2.45, 2.75) is 50.8 Å². The van der Waals surface area contributed by atoms with E-state index in [2.05, 4.69) is 63.7 Å². The average molecular weight is 552 g/mol. The summed E-state index contributed by atoms with van der Waals surface area (Å²) in [5.74, 6) is 2.93. The molecule has 6 fully saturated rings. The lowest BCUT2D eigenvalue weighted by molar-refractivity contribution is -0.183. The monoisotopic (exact) mass is 548 g/mol. The molecular weight excluding hydrogens is 532 g/mol.